The normalized spacial score (nSPS) is 19.4. The summed E-state index contributed by atoms with van der Waals surface area (Å²) in [5, 5.41) is 11.8. The Hall–Kier alpha value is -1.53. The van der Waals surface area contributed by atoms with E-state index in [1.54, 1.807) is 16.0 Å². The lowest BCUT2D eigenvalue weighted by atomic mass is 10.1. The number of carbonyl (C=O) groups excluding carboxylic acids is 1. The van der Waals surface area contributed by atoms with Crippen LogP contribution < -0.4 is 0 Å². The summed E-state index contributed by atoms with van der Waals surface area (Å²) in [5.74, 6) is 0. The molecule has 0 bridgehead atoms. The van der Waals surface area contributed by atoms with Crippen molar-refractivity contribution in [3.05, 3.63) is 33.8 Å². The van der Waals surface area contributed by atoms with Crippen molar-refractivity contribution in [3.63, 3.8) is 0 Å². The van der Waals surface area contributed by atoms with E-state index in [4.69, 9.17) is 4.74 Å². The molecule has 0 saturated heterocycles. The minimum atomic E-state index is 0.0138. The summed E-state index contributed by atoms with van der Waals surface area (Å²) in [7, 11) is 0. The van der Waals surface area contributed by atoms with Gasteiger partial charge in [-0.15, -0.1) is 5.10 Å². The predicted octanol–water partition coefficient (Wildman–Crippen LogP) is 1.42. The summed E-state index contributed by atoms with van der Waals surface area (Å²) in [4.78, 5) is 10.7. The van der Waals surface area contributed by atoms with Gasteiger partial charge in [-0.05, 0) is 22.4 Å². The molecule has 6 heteroatoms. The van der Waals surface area contributed by atoms with E-state index >= 15 is 0 Å². The number of ether oxygens (including phenoxy) is 1. The van der Waals surface area contributed by atoms with E-state index in [1.807, 2.05) is 11.4 Å². The zero-order valence-corrected chi connectivity index (χ0v) is 9.18. The highest BCUT2D eigenvalue weighted by molar-refractivity contribution is 7.07. The molecule has 1 aliphatic rings. The van der Waals surface area contributed by atoms with Gasteiger partial charge in [0, 0.05) is 0 Å². The molecule has 0 spiro atoms. The smallest absolute Gasteiger partial charge is 0.172 e. The first-order chi connectivity index (χ1) is 7.88. The van der Waals surface area contributed by atoms with Crippen molar-refractivity contribution in [2.75, 3.05) is 0 Å². The van der Waals surface area contributed by atoms with Crippen molar-refractivity contribution >= 4 is 17.6 Å². The standard InChI is InChI=1S/C10H9N3O2S/c14-4-8-9-5-15-10(3-13(9)12-11-8)7-1-2-16-6-7/h1-2,4,6,10H,3,5H2/t10-/m0/s1. The van der Waals surface area contributed by atoms with Gasteiger partial charge >= 0.3 is 0 Å². The fraction of sp³-hybridized carbons (Fsp3) is 0.300. The van der Waals surface area contributed by atoms with Gasteiger partial charge in [-0.25, -0.2) is 4.68 Å². The second-order valence-corrected chi connectivity index (χ2v) is 4.36. The van der Waals surface area contributed by atoms with E-state index in [0.717, 1.165) is 11.3 Å². The highest BCUT2D eigenvalue weighted by Crippen LogP contribution is 2.27. The molecule has 0 N–H and O–H groups in total. The molecule has 5 nitrogen and oxygen atoms in total. The van der Waals surface area contributed by atoms with Gasteiger partial charge in [-0.1, -0.05) is 5.21 Å². The van der Waals surface area contributed by atoms with E-state index in [2.05, 4.69) is 15.7 Å². The number of fused-ring (bicyclic) bond motifs is 1. The maximum absolute atomic E-state index is 10.7. The molecule has 16 heavy (non-hydrogen) atoms. The number of aldehydes is 1. The monoisotopic (exact) mass is 235 g/mol. The van der Waals surface area contributed by atoms with E-state index in [-0.39, 0.29) is 6.10 Å². The van der Waals surface area contributed by atoms with Gasteiger partial charge in [0.05, 0.1) is 18.8 Å². The summed E-state index contributed by atoms with van der Waals surface area (Å²) in [5.41, 5.74) is 2.30. The molecule has 1 atom stereocenters. The molecule has 0 amide bonds. The number of aromatic nitrogens is 3. The Morgan fingerprint density at radius 1 is 1.62 bits per heavy atom. The summed E-state index contributed by atoms with van der Waals surface area (Å²) >= 11 is 1.64. The molecule has 1 aliphatic heterocycles. The number of hydrogen-bond acceptors (Lipinski definition) is 5. The van der Waals surface area contributed by atoms with Gasteiger partial charge in [0.2, 0.25) is 0 Å². The van der Waals surface area contributed by atoms with Crippen LogP contribution in [0.5, 0.6) is 0 Å². The first kappa shape index (κ1) is 9.68. The first-order valence-electron chi connectivity index (χ1n) is 4.89. The first-order valence-corrected chi connectivity index (χ1v) is 5.84. The van der Waals surface area contributed by atoms with Crippen LogP contribution in [-0.4, -0.2) is 21.3 Å². The Morgan fingerprint density at radius 3 is 3.31 bits per heavy atom. The Bertz CT molecular complexity index is 506. The Labute approximate surface area is 95.7 Å². The van der Waals surface area contributed by atoms with Crippen LogP contribution in [0.4, 0.5) is 0 Å². The third-order valence-corrected chi connectivity index (χ3v) is 3.36. The molecule has 0 saturated carbocycles. The Balaban J connectivity index is 1.90. The van der Waals surface area contributed by atoms with Gasteiger partial charge in [0.1, 0.15) is 6.10 Å². The average molecular weight is 235 g/mol. The van der Waals surface area contributed by atoms with Gasteiger partial charge < -0.3 is 4.74 Å². The molecule has 3 heterocycles. The predicted molar refractivity (Wildman–Crippen MR) is 57.3 cm³/mol. The van der Waals surface area contributed by atoms with Crippen LogP contribution in [0.3, 0.4) is 0 Å². The molecule has 0 fully saturated rings. The average Bonchev–Trinajstić information content (AvgIpc) is 2.97. The fourth-order valence-corrected chi connectivity index (χ4v) is 2.48. The minimum absolute atomic E-state index is 0.0138. The lowest BCUT2D eigenvalue weighted by Crippen LogP contribution is -2.22. The number of carbonyl (C=O) groups is 1. The second-order valence-electron chi connectivity index (χ2n) is 3.58. The van der Waals surface area contributed by atoms with Crippen LogP contribution in [0, 0.1) is 0 Å². The van der Waals surface area contributed by atoms with Crippen molar-refractivity contribution in [3.8, 4) is 0 Å². The second kappa shape index (κ2) is 3.80. The fourth-order valence-electron chi connectivity index (χ4n) is 1.78. The number of nitrogens with zero attached hydrogens (tertiary/aromatic N) is 3. The summed E-state index contributed by atoms with van der Waals surface area (Å²) in [6.45, 7) is 1.01. The molecule has 82 valence electrons. The van der Waals surface area contributed by atoms with Crippen molar-refractivity contribution in [2.24, 2.45) is 0 Å². The number of thiophene rings is 1. The summed E-state index contributed by atoms with van der Waals surface area (Å²) in [6.07, 6.45) is 0.729. The SMILES string of the molecule is O=Cc1nnn2c1CO[C@H](c1ccsc1)C2. The topological polar surface area (TPSA) is 57.0 Å². The van der Waals surface area contributed by atoms with Crippen LogP contribution >= 0.6 is 11.3 Å². The van der Waals surface area contributed by atoms with Gasteiger partial charge in [-0.2, -0.15) is 11.3 Å². The molecule has 2 aromatic heterocycles. The van der Waals surface area contributed by atoms with Crippen molar-refractivity contribution in [1.82, 2.24) is 15.0 Å². The molecular formula is C10H9N3O2S. The third-order valence-electron chi connectivity index (χ3n) is 2.65. The highest BCUT2D eigenvalue weighted by Gasteiger charge is 2.24. The van der Waals surface area contributed by atoms with Crippen molar-refractivity contribution < 1.29 is 9.53 Å². The van der Waals surface area contributed by atoms with E-state index in [1.165, 1.54) is 0 Å². The van der Waals surface area contributed by atoms with Crippen LogP contribution in [0.2, 0.25) is 0 Å². The van der Waals surface area contributed by atoms with Gasteiger partial charge in [0.25, 0.3) is 0 Å². The lowest BCUT2D eigenvalue weighted by molar-refractivity contribution is -0.00138. The Kier molecular flexibility index (Phi) is 2.30. The van der Waals surface area contributed by atoms with E-state index < -0.39 is 0 Å². The third kappa shape index (κ3) is 1.46. The van der Waals surface area contributed by atoms with E-state index in [9.17, 15) is 4.79 Å². The van der Waals surface area contributed by atoms with Crippen LogP contribution in [0.15, 0.2) is 16.8 Å². The molecule has 0 aliphatic carbocycles. The summed E-state index contributed by atoms with van der Waals surface area (Å²) < 4.78 is 7.44. The lowest BCUT2D eigenvalue weighted by Gasteiger charge is -2.23. The van der Waals surface area contributed by atoms with Crippen molar-refractivity contribution in [1.29, 1.82) is 0 Å². The largest absolute Gasteiger partial charge is 0.365 e. The molecule has 0 unspecified atom stereocenters. The van der Waals surface area contributed by atoms with Crippen LogP contribution in [0.1, 0.15) is 27.8 Å². The zero-order chi connectivity index (χ0) is 11.0. The van der Waals surface area contributed by atoms with Crippen molar-refractivity contribution in [2.45, 2.75) is 19.3 Å². The summed E-state index contributed by atoms with van der Waals surface area (Å²) in [6, 6.07) is 2.04. The molecule has 2 aromatic rings. The molecule has 0 aromatic carbocycles. The van der Waals surface area contributed by atoms with E-state index in [0.29, 0.717) is 25.1 Å². The highest BCUT2D eigenvalue weighted by atomic mass is 32.1. The van der Waals surface area contributed by atoms with Crippen LogP contribution in [-0.2, 0) is 17.9 Å². The quantitative estimate of drug-likeness (QED) is 0.739. The number of hydrogen-bond donors (Lipinski definition) is 0. The van der Waals surface area contributed by atoms with Gasteiger partial charge in [0.15, 0.2) is 12.0 Å². The number of rotatable bonds is 2. The maximum Gasteiger partial charge on any atom is 0.172 e. The van der Waals surface area contributed by atoms with Crippen LogP contribution in [0.25, 0.3) is 0 Å². The zero-order valence-electron chi connectivity index (χ0n) is 8.37. The maximum atomic E-state index is 10.7. The molecule has 0 radical (unpaired) electrons. The molecule has 3 rings (SSSR count). The molecular weight excluding hydrogens is 226 g/mol. The Morgan fingerprint density at radius 2 is 2.56 bits per heavy atom. The minimum Gasteiger partial charge on any atom is -0.365 e. The van der Waals surface area contributed by atoms with Gasteiger partial charge in [-0.3, -0.25) is 4.79 Å².